The van der Waals surface area contributed by atoms with E-state index in [9.17, 15) is 4.79 Å². The zero-order valence-electron chi connectivity index (χ0n) is 14.6. The number of rotatable bonds is 9. The number of halogens is 1. The summed E-state index contributed by atoms with van der Waals surface area (Å²) in [5, 5.41) is 8.87. The standard InChI is InChI=1S/C17H22BrN3O3S/c1-4-14(16(22)23-6-3)25-17-20-19-15(21(17)5-2)11-24-13-9-7-12(18)8-10-13/h7-10,14H,4-6,11H2,1-3H3. The van der Waals surface area contributed by atoms with E-state index in [0.29, 0.717) is 31.3 Å². The summed E-state index contributed by atoms with van der Waals surface area (Å²) in [5.74, 6) is 1.28. The second kappa shape index (κ2) is 9.82. The number of hydrogen-bond acceptors (Lipinski definition) is 6. The summed E-state index contributed by atoms with van der Waals surface area (Å²) in [7, 11) is 0. The fourth-order valence-electron chi connectivity index (χ4n) is 2.17. The maximum absolute atomic E-state index is 12.0. The molecule has 6 nitrogen and oxygen atoms in total. The normalized spacial score (nSPS) is 12.0. The van der Waals surface area contributed by atoms with Gasteiger partial charge in [0.2, 0.25) is 0 Å². The highest BCUT2D eigenvalue weighted by Crippen LogP contribution is 2.26. The van der Waals surface area contributed by atoms with E-state index < -0.39 is 0 Å². The third-order valence-corrected chi connectivity index (χ3v) is 5.31. The van der Waals surface area contributed by atoms with Crippen molar-refractivity contribution in [3.05, 3.63) is 34.6 Å². The lowest BCUT2D eigenvalue weighted by molar-refractivity contribution is -0.142. The topological polar surface area (TPSA) is 66.2 Å². The molecule has 2 rings (SSSR count). The Hall–Kier alpha value is -1.54. The number of ether oxygens (including phenoxy) is 2. The van der Waals surface area contributed by atoms with E-state index in [-0.39, 0.29) is 11.2 Å². The summed E-state index contributed by atoms with van der Waals surface area (Å²) in [6, 6.07) is 7.62. The summed E-state index contributed by atoms with van der Waals surface area (Å²) in [6.45, 7) is 7.18. The minimum atomic E-state index is -0.283. The van der Waals surface area contributed by atoms with Crippen LogP contribution >= 0.6 is 27.7 Å². The number of benzene rings is 1. The second-order valence-corrected chi connectivity index (χ2v) is 7.24. The SMILES string of the molecule is CCOC(=O)C(CC)Sc1nnc(COc2ccc(Br)cc2)n1CC. The molecule has 0 saturated carbocycles. The lowest BCUT2D eigenvalue weighted by Crippen LogP contribution is -2.20. The van der Waals surface area contributed by atoms with Gasteiger partial charge >= 0.3 is 5.97 Å². The number of thioether (sulfide) groups is 1. The molecular weight excluding hydrogens is 406 g/mol. The Balaban J connectivity index is 2.06. The van der Waals surface area contributed by atoms with E-state index in [1.165, 1.54) is 11.8 Å². The van der Waals surface area contributed by atoms with E-state index in [4.69, 9.17) is 9.47 Å². The van der Waals surface area contributed by atoms with Gasteiger partial charge in [0.25, 0.3) is 0 Å². The number of aromatic nitrogens is 3. The van der Waals surface area contributed by atoms with Gasteiger partial charge in [-0.2, -0.15) is 0 Å². The van der Waals surface area contributed by atoms with Crippen molar-refractivity contribution in [1.29, 1.82) is 0 Å². The van der Waals surface area contributed by atoms with Gasteiger partial charge in [-0.15, -0.1) is 10.2 Å². The molecule has 0 radical (unpaired) electrons. The highest BCUT2D eigenvalue weighted by Gasteiger charge is 2.23. The van der Waals surface area contributed by atoms with Gasteiger partial charge in [0.1, 0.15) is 17.6 Å². The maximum atomic E-state index is 12.0. The van der Waals surface area contributed by atoms with E-state index in [1.54, 1.807) is 6.92 Å². The molecule has 0 bridgehead atoms. The van der Waals surface area contributed by atoms with Gasteiger partial charge in [-0.25, -0.2) is 0 Å². The Morgan fingerprint density at radius 1 is 1.24 bits per heavy atom. The van der Waals surface area contributed by atoms with E-state index >= 15 is 0 Å². The first-order valence-corrected chi connectivity index (χ1v) is 9.90. The molecule has 25 heavy (non-hydrogen) atoms. The fraction of sp³-hybridized carbons (Fsp3) is 0.471. The molecule has 0 N–H and O–H groups in total. The summed E-state index contributed by atoms with van der Waals surface area (Å²) in [4.78, 5) is 12.0. The fourth-order valence-corrected chi connectivity index (χ4v) is 3.47. The van der Waals surface area contributed by atoms with Crippen LogP contribution in [0.25, 0.3) is 0 Å². The predicted octanol–water partition coefficient (Wildman–Crippen LogP) is 4.07. The van der Waals surface area contributed by atoms with Gasteiger partial charge < -0.3 is 14.0 Å². The quantitative estimate of drug-likeness (QED) is 0.443. The average Bonchev–Trinajstić information content (AvgIpc) is 3.00. The lowest BCUT2D eigenvalue weighted by atomic mass is 10.3. The Morgan fingerprint density at radius 2 is 1.96 bits per heavy atom. The largest absolute Gasteiger partial charge is 0.486 e. The molecule has 8 heteroatoms. The monoisotopic (exact) mass is 427 g/mol. The molecule has 0 fully saturated rings. The number of nitrogens with zero attached hydrogens (tertiary/aromatic N) is 3. The molecule has 1 aromatic carbocycles. The first-order valence-electron chi connectivity index (χ1n) is 8.22. The van der Waals surface area contributed by atoms with Crippen LogP contribution in [0.1, 0.15) is 33.0 Å². The Bertz CT molecular complexity index is 691. The van der Waals surface area contributed by atoms with Crippen LogP contribution < -0.4 is 4.74 Å². The first-order chi connectivity index (χ1) is 12.1. The van der Waals surface area contributed by atoms with E-state index in [0.717, 1.165) is 16.0 Å². The zero-order chi connectivity index (χ0) is 18.2. The van der Waals surface area contributed by atoms with Crippen LogP contribution in [0.15, 0.2) is 33.9 Å². The number of esters is 1. The Labute approximate surface area is 160 Å². The molecule has 1 heterocycles. The summed E-state index contributed by atoms with van der Waals surface area (Å²) < 4.78 is 13.9. The minimum Gasteiger partial charge on any atom is -0.486 e. The molecule has 136 valence electrons. The third kappa shape index (κ3) is 5.47. The highest BCUT2D eigenvalue weighted by molar-refractivity contribution is 9.10. The molecule has 0 aliphatic heterocycles. The van der Waals surface area contributed by atoms with Crippen molar-refractivity contribution in [2.75, 3.05) is 6.61 Å². The number of carbonyl (C=O) groups excluding carboxylic acids is 1. The molecular formula is C17H22BrN3O3S. The molecule has 1 aromatic heterocycles. The van der Waals surface area contributed by atoms with Crippen molar-refractivity contribution in [2.24, 2.45) is 0 Å². The van der Waals surface area contributed by atoms with Gasteiger partial charge in [0.05, 0.1) is 6.61 Å². The van der Waals surface area contributed by atoms with Crippen molar-refractivity contribution >= 4 is 33.7 Å². The molecule has 0 amide bonds. The van der Waals surface area contributed by atoms with Crippen LogP contribution in [0.5, 0.6) is 5.75 Å². The first kappa shape index (κ1) is 19.8. The average molecular weight is 428 g/mol. The summed E-state index contributed by atoms with van der Waals surface area (Å²) >= 11 is 4.78. The predicted molar refractivity (Wildman–Crippen MR) is 101 cm³/mol. The third-order valence-electron chi connectivity index (χ3n) is 3.46. The van der Waals surface area contributed by atoms with Crippen molar-refractivity contribution in [3.8, 4) is 5.75 Å². The minimum absolute atomic E-state index is 0.215. The number of hydrogen-bond donors (Lipinski definition) is 0. The summed E-state index contributed by atoms with van der Waals surface area (Å²) in [5.41, 5.74) is 0. The second-order valence-electron chi connectivity index (χ2n) is 5.15. The molecule has 1 atom stereocenters. The van der Waals surface area contributed by atoms with E-state index in [1.807, 2.05) is 42.7 Å². The van der Waals surface area contributed by atoms with Crippen molar-refractivity contribution in [2.45, 2.75) is 50.8 Å². The van der Waals surface area contributed by atoms with Crippen LogP contribution in [-0.4, -0.2) is 32.6 Å². The molecule has 0 aliphatic rings. The van der Waals surface area contributed by atoms with Crippen LogP contribution in [0.2, 0.25) is 0 Å². The van der Waals surface area contributed by atoms with Crippen LogP contribution in [-0.2, 0) is 22.7 Å². The molecule has 0 aliphatic carbocycles. The Morgan fingerprint density at radius 3 is 2.56 bits per heavy atom. The van der Waals surface area contributed by atoms with E-state index in [2.05, 4.69) is 26.1 Å². The van der Waals surface area contributed by atoms with Gasteiger partial charge in [0.15, 0.2) is 11.0 Å². The Kier molecular flexibility index (Phi) is 7.77. The lowest BCUT2D eigenvalue weighted by Gasteiger charge is -2.13. The number of carbonyl (C=O) groups is 1. The van der Waals surface area contributed by atoms with Gasteiger partial charge in [-0.05, 0) is 44.5 Å². The van der Waals surface area contributed by atoms with Crippen molar-refractivity contribution < 1.29 is 14.3 Å². The highest BCUT2D eigenvalue weighted by atomic mass is 79.9. The van der Waals surface area contributed by atoms with Crippen LogP contribution in [0.4, 0.5) is 0 Å². The van der Waals surface area contributed by atoms with Crippen molar-refractivity contribution in [3.63, 3.8) is 0 Å². The van der Waals surface area contributed by atoms with Gasteiger partial charge in [-0.3, -0.25) is 4.79 Å². The van der Waals surface area contributed by atoms with Gasteiger partial charge in [-0.1, -0.05) is 34.6 Å². The van der Waals surface area contributed by atoms with Crippen LogP contribution in [0.3, 0.4) is 0 Å². The molecule has 1 unspecified atom stereocenters. The molecule has 0 spiro atoms. The van der Waals surface area contributed by atoms with Crippen LogP contribution in [0, 0.1) is 0 Å². The van der Waals surface area contributed by atoms with Gasteiger partial charge in [0, 0.05) is 11.0 Å². The molecule has 0 saturated heterocycles. The molecule has 2 aromatic rings. The van der Waals surface area contributed by atoms with Crippen molar-refractivity contribution in [1.82, 2.24) is 14.8 Å². The maximum Gasteiger partial charge on any atom is 0.319 e. The summed E-state index contributed by atoms with van der Waals surface area (Å²) in [6.07, 6.45) is 0.671. The smallest absolute Gasteiger partial charge is 0.319 e. The zero-order valence-corrected chi connectivity index (χ0v) is 17.0.